The number of benzene rings is 1. The number of nitrogens with zero attached hydrogens (tertiary/aromatic N) is 2. The summed E-state index contributed by atoms with van der Waals surface area (Å²) in [4.78, 5) is 2.52. The molecular weight excluding hydrogens is 228 g/mol. The quantitative estimate of drug-likeness (QED) is 0.743. The summed E-state index contributed by atoms with van der Waals surface area (Å²) >= 11 is 1.85. The minimum absolute atomic E-state index is 1.05. The highest BCUT2D eigenvalue weighted by atomic mass is 32.2. The van der Waals surface area contributed by atoms with E-state index in [4.69, 9.17) is 0 Å². The van der Waals surface area contributed by atoms with Crippen molar-refractivity contribution in [2.24, 2.45) is 0 Å². The normalized spacial score (nSPS) is 17.5. The zero-order chi connectivity index (χ0) is 12.4. The highest BCUT2D eigenvalue weighted by molar-refractivity contribution is 7.96. The number of hydrogen-bond donors (Lipinski definition) is 0. The van der Waals surface area contributed by atoms with Crippen LogP contribution < -0.4 is 4.90 Å². The summed E-state index contributed by atoms with van der Waals surface area (Å²) in [6.07, 6.45) is 3.42. The molecule has 1 fully saturated rings. The lowest BCUT2D eigenvalue weighted by Crippen LogP contribution is -2.42. The zero-order valence-electron chi connectivity index (χ0n) is 11.3. The fourth-order valence-corrected chi connectivity index (χ4v) is 3.34. The van der Waals surface area contributed by atoms with Crippen LogP contribution in [0.5, 0.6) is 0 Å². The van der Waals surface area contributed by atoms with Crippen LogP contribution in [-0.4, -0.2) is 30.3 Å². The van der Waals surface area contributed by atoms with Gasteiger partial charge in [0.25, 0.3) is 0 Å². The van der Waals surface area contributed by atoms with E-state index in [-0.39, 0.29) is 0 Å². The topological polar surface area (TPSA) is 6.48 Å². The SMILES string of the molecule is CSN1CCCN(c2c(C)cc(C)cc2C)C1. The van der Waals surface area contributed by atoms with Crippen LogP contribution in [0.25, 0.3) is 0 Å². The van der Waals surface area contributed by atoms with Crippen LogP contribution in [0.1, 0.15) is 23.1 Å². The Morgan fingerprint density at radius 1 is 1.06 bits per heavy atom. The first-order valence-electron chi connectivity index (χ1n) is 6.23. The van der Waals surface area contributed by atoms with Gasteiger partial charge >= 0.3 is 0 Å². The summed E-state index contributed by atoms with van der Waals surface area (Å²) in [6.45, 7) is 10.1. The summed E-state index contributed by atoms with van der Waals surface area (Å²) < 4.78 is 2.43. The van der Waals surface area contributed by atoms with Gasteiger partial charge in [0.1, 0.15) is 0 Å². The molecule has 1 aromatic rings. The Morgan fingerprint density at radius 3 is 2.29 bits per heavy atom. The van der Waals surface area contributed by atoms with Gasteiger partial charge in [-0.25, -0.2) is 4.31 Å². The number of rotatable bonds is 2. The van der Waals surface area contributed by atoms with Crippen molar-refractivity contribution in [2.45, 2.75) is 27.2 Å². The fourth-order valence-electron chi connectivity index (χ4n) is 2.77. The van der Waals surface area contributed by atoms with E-state index in [0.717, 1.165) is 6.67 Å². The third-order valence-electron chi connectivity index (χ3n) is 3.37. The molecule has 17 heavy (non-hydrogen) atoms. The number of aryl methyl sites for hydroxylation is 3. The van der Waals surface area contributed by atoms with Gasteiger partial charge in [-0.05, 0) is 44.6 Å². The predicted molar refractivity (Wildman–Crippen MR) is 77.7 cm³/mol. The average Bonchev–Trinajstić information content (AvgIpc) is 2.28. The second kappa shape index (κ2) is 5.32. The third-order valence-corrected chi connectivity index (χ3v) is 4.19. The van der Waals surface area contributed by atoms with Gasteiger partial charge in [-0.15, -0.1) is 0 Å². The lowest BCUT2D eigenvalue weighted by Gasteiger charge is -2.37. The molecule has 0 bridgehead atoms. The van der Waals surface area contributed by atoms with Crippen LogP contribution in [0.15, 0.2) is 12.1 Å². The van der Waals surface area contributed by atoms with E-state index in [1.165, 1.54) is 41.9 Å². The first kappa shape index (κ1) is 12.8. The summed E-state index contributed by atoms with van der Waals surface area (Å²) in [6, 6.07) is 4.58. The third kappa shape index (κ3) is 2.78. The smallest absolute Gasteiger partial charge is 0.0803 e. The molecule has 0 unspecified atom stereocenters. The summed E-state index contributed by atoms with van der Waals surface area (Å²) in [5, 5.41) is 0. The standard InChI is InChI=1S/C14H22N2S/c1-11-8-12(2)14(13(3)9-11)15-6-5-7-16(10-15)17-4/h8-9H,5-7,10H2,1-4H3. The molecule has 1 saturated heterocycles. The number of hydrogen-bond acceptors (Lipinski definition) is 3. The molecule has 1 heterocycles. The highest BCUT2D eigenvalue weighted by Crippen LogP contribution is 2.29. The Bertz CT molecular complexity index is 380. The van der Waals surface area contributed by atoms with Gasteiger partial charge in [0.05, 0.1) is 6.67 Å². The molecule has 0 radical (unpaired) electrons. The Kier molecular flexibility index (Phi) is 4.00. The van der Waals surface area contributed by atoms with Crippen molar-refractivity contribution in [3.05, 3.63) is 28.8 Å². The van der Waals surface area contributed by atoms with Gasteiger partial charge in [-0.1, -0.05) is 29.6 Å². The zero-order valence-corrected chi connectivity index (χ0v) is 12.1. The minimum atomic E-state index is 1.05. The molecule has 1 aromatic carbocycles. The minimum Gasteiger partial charge on any atom is -0.357 e. The second-order valence-electron chi connectivity index (χ2n) is 4.89. The summed E-state index contributed by atoms with van der Waals surface area (Å²) in [7, 11) is 0. The Hall–Kier alpha value is -0.670. The van der Waals surface area contributed by atoms with Gasteiger partial charge in [0.15, 0.2) is 0 Å². The molecule has 0 amide bonds. The fraction of sp³-hybridized carbons (Fsp3) is 0.571. The van der Waals surface area contributed by atoms with E-state index in [1.807, 2.05) is 11.9 Å². The Labute approximate surface area is 109 Å². The molecule has 2 rings (SSSR count). The van der Waals surface area contributed by atoms with Gasteiger partial charge in [0.2, 0.25) is 0 Å². The molecule has 0 saturated carbocycles. The molecule has 1 aliphatic rings. The van der Waals surface area contributed by atoms with E-state index < -0.39 is 0 Å². The van der Waals surface area contributed by atoms with Crippen LogP contribution in [0.4, 0.5) is 5.69 Å². The molecule has 0 aromatic heterocycles. The monoisotopic (exact) mass is 250 g/mol. The summed E-state index contributed by atoms with van der Waals surface area (Å²) in [5.74, 6) is 0. The van der Waals surface area contributed by atoms with Crippen LogP contribution >= 0.6 is 11.9 Å². The van der Waals surface area contributed by atoms with Gasteiger partial charge in [-0.2, -0.15) is 0 Å². The van der Waals surface area contributed by atoms with Crippen molar-refractivity contribution in [3.8, 4) is 0 Å². The van der Waals surface area contributed by atoms with Crippen LogP contribution in [0.2, 0.25) is 0 Å². The molecule has 0 N–H and O–H groups in total. The van der Waals surface area contributed by atoms with Gasteiger partial charge < -0.3 is 4.90 Å². The molecule has 3 heteroatoms. The van der Waals surface area contributed by atoms with Crippen molar-refractivity contribution in [3.63, 3.8) is 0 Å². The van der Waals surface area contributed by atoms with Crippen LogP contribution in [0.3, 0.4) is 0 Å². The second-order valence-corrected chi connectivity index (χ2v) is 5.78. The van der Waals surface area contributed by atoms with Crippen molar-refractivity contribution < 1.29 is 0 Å². The highest BCUT2D eigenvalue weighted by Gasteiger charge is 2.19. The van der Waals surface area contributed by atoms with E-state index >= 15 is 0 Å². The van der Waals surface area contributed by atoms with Gasteiger partial charge in [-0.3, -0.25) is 0 Å². The Morgan fingerprint density at radius 2 is 1.71 bits per heavy atom. The molecule has 0 atom stereocenters. The molecule has 94 valence electrons. The summed E-state index contributed by atoms with van der Waals surface area (Å²) in [5.41, 5.74) is 5.62. The predicted octanol–water partition coefficient (Wildman–Crippen LogP) is 3.36. The molecule has 2 nitrogen and oxygen atoms in total. The first-order valence-corrected chi connectivity index (χ1v) is 7.42. The first-order chi connectivity index (χ1) is 8.11. The number of anilines is 1. The van der Waals surface area contributed by atoms with E-state index in [9.17, 15) is 0 Å². The van der Waals surface area contributed by atoms with Crippen molar-refractivity contribution in [1.82, 2.24) is 4.31 Å². The maximum Gasteiger partial charge on any atom is 0.0803 e. The van der Waals surface area contributed by atoms with E-state index in [2.05, 4.69) is 48.4 Å². The molecule has 0 aliphatic carbocycles. The largest absolute Gasteiger partial charge is 0.357 e. The maximum atomic E-state index is 2.52. The van der Waals surface area contributed by atoms with Crippen molar-refractivity contribution in [2.75, 3.05) is 30.9 Å². The van der Waals surface area contributed by atoms with Crippen molar-refractivity contribution in [1.29, 1.82) is 0 Å². The average molecular weight is 250 g/mol. The van der Waals surface area contributed by atoms with E-state index in [0.29, 0.717) is 0 Å². The van der Waals surface area contributed by atoms with E-state index in [1.54, 1.807) is 0 Å². The molecule has 1 aliphatic heterocycles. The van der Waals surface area contributed by atoms with Crippen LogP contribution in [0, 0.1) is 20.8 Å². The lowest BCUT2D eigenvalue weighted by molar-refractivity contribution is 0.402. The Balaban J connectivity index is 2.27. The van der Waals surface area contributed by atoms with Crippen molar-refractivity contribution >= 4 is 17.6 Å². The van der Waals surface area contributed by atoms with Gasteiger partial charge in [0, 0.05) is 18.8 Å². The molecule has 0 spiro atoms. The van der Waals surface area contributed by atoms with Crippen LogP contribution in [-0.2, 0) is 0 Å². The lowest BCUT2D eigenvalue weighted by atomic mass is 10.0. The molecular formula is C14H22N2S. The maximum absolute atomic E-state index is 2.52.